The first-order valence-corrected chi connectivity index (χ1v) is 7.57. The van der Waals surface area contributed by atoms with Gasteiger partial charge in [0.25, 0.3) is 5.56 Å². The summed E-state index contributed by atoms with van der Waals surface area (Å²) in [6.07, 6.45) is 1.05. The molecule has 0 bridgehead atoms. The van der Waals surface area contributed by atoms with Crippen LogP contribution in [0.25, 0.3) is 0 Å². The Bertz CT molecular complexity index is 694. The first-order chi connectivity index (χ1) is 10.6. The third kappa shape index (κ3) is 3.36. The van der Waals surface area contributed by atoms with Gasteiger partial charge in [0.2, 0.25) is 0 Å². The summed E-state index contributed by atoms with van der Waals surface area (Å²) in [5, 5.41) is 0. The fourth-order valence-electron chi connectivity index (χ4n) is 3.02. The summed E-state index contributed by atoms with van der Waals surface area (Å²) in [5.41, 5.74) is 2.13. The fraction of sp³-hybridized carbons (Fsp3) is 0.412. The Balaban J connectivity index is 1.65. The first kappa shape index (κ1) is 14.8. The molecule has 2 heterocycles. The van der Waals surface area contributed by atoms with E-state index in [1.807, 2.05) is 19.1 Å². The topological polar surface area (TPSA) is 58.2 Å². The summed E-state index contributed by atoms with van der Waals surface area (Å²) in [6.45, 7) is 4.73. The predicted octanol–water partition coefficient (Wildman–Crippen LogP) is 2.08. The molecule has 1 N–H and O–H groups in total. The van der Waals surface area contributed by atoms with E-state index >= 15 is 0 Å². The molecule has 2 aromatic rings. The molecule has 0 aliphatic carbocycles. The van der Waals surface area contributed by atoms with Crippen LogP contribution < -0.4 is 10.3 Å². The number of nitrogens with one attached hydrogen (secondary N) is 1. The molecule has 3 rings (SSSR count). The summed E-state index contributed by atoms with van der Waals surface area (Å²) in [6, 6.07) is 9.81. The molecule has 5 heteroatoms. The largest absolute Gasteiger partial charge is 0.497 e. The Morgan fingerprint density at radius 1 is 1.36 bits per heavy atom. The number of nitrogens with zero attached hydrogens (tertiary/aromatic N) is 2. The molecular weight excluding hydrogens is 278 g/mol. The lowest BCUT2D eigenvalue weighted by atomic mass is 10.0. The molecule has 1 aromatic carbocycles. The lowest BCUT2D eigenvalue weighted by Crippen LogP contribution is -2.20. The molecule has 0 unspecified atom stereocenters. The van der Waals surface area contributed by atoms with E-state index in [4.69, 9.17) is 4.74 Å². The van der Waals surface area contributed by atoms with Crippen LogP contribution >= 0.6 is 0 Å². The zero-order valence-corrected chi connectivity index (χ0v) is 13.0. The predicted molar refractivity (Wildman–Crippen MR) is 85.2 cm³/mol. The van der Waals surface area contributed by atoms with Crippen molar-refractivity contribution in [2.75, 3.05) is 20.2 Å². The van der Waals surface area contributed by atoms with Gasteiger partial charge in [-0.25, -0.2) is 4.98 Å². The minimum atomic E-state index is -0.0592. The number of benzene rings is 1. The molecule has 1 fully saturated rings. The van der Waals surface area contributed by atoms with Crippen LogP contribution in [0, 0.1) is 6.92 Å². The standard InChI is InChI=1S/C17H21N3O2/c1-12-18-16(9-17(21)19-12)14-7-8-20(11-14)10-13-3-5-15(22-2)6-4-13/h3-6,9,14H,7-8,10-11H2,1-2H3,(H,18,19,21)/t14-/m1/s1. The van der Waals surface area contributed by atoms with Gasteiger partial charge in [-0.2, -0.15) is 0 Å². The lowest BCUT2D eigenvalue weighted by molar-refractivity contribution is 0.326. The summed E-state index contributed by atoms with van der Waals surface area (Å²) in [7, 11) is 1.68. The number of methoxy groups -OCH3 is 1. The van der Waals surface area contributed by atoms with Crippen LogP contribution in [-0.4, -0.2) is 35.1 Å². The summed E-state index contributed by atoms with van der Waals surface area (Å²) >= 11 is 0. The van der Waals surface area contributed by atoms with Crippen LogP contribution in [0.15, 0.2) is 35.1 Å². The number of likely N-dealkylation sites (tertiary alicyclic amines) is 1. The van der Waals surface area contributed by atoms with Crippen LogP contribution in [0.3, 0.4) is 0 Å². The Kier molecular flexibility index (Phi) is 4.24. The highest BCUT2D eigenvalue weighted by molar-refractivity contribution is 5.27. The van der Waals surface area contributed by atoms with Crippen molar-refractivity contribution in [1.29, 1.82) is 0 Å². The van der Waals surface area contributed by atoms with E-state index in [0.717, 1.165) is 37.5 Å². The highest BCUT2D eigenvalue weighted by atomic mass is 16.5. The Labute approximate surface area is 130 Å². The zero-order chi connectivity index (χ0) is 15.5. The molecule has 0 spiro atoms. The molecule has 1 aliphatic heterocycles. The maximum Gasteiger partial charge on any atom is 0.251 e. The van der Waals surface area contributed by atoms with Crippen LogP contribution in [-0.2, 0) is 6.54 Å². The summed E-state index contributed by atoms with van der Waals surface area (Å²) < 4.78 is 5.18. The molecular formula is C17H21N3O2. The van der Waals surface area contributed by atoms with E-state index in [1.54, 1.807) is 13.2 Å². The normalized spacial score (nSPS) is 18.5. The number of H-pyrrole nitrogens is 1. The molecule has 0 radical (unpaired) electrons. The average Bonchev–Trinajstić information content (AvgIpc) is 2.96. The van der Waals surface area contributed by atoms with Crippen molar-refractivity contribution in [2.24, 2.45) is 0 Å². The van der Waals surface area contributed by atoms with Crippen LogP contribution in [0.1, 0.15) is 29.4 Å². The van der Waals surface area contributed by atoms with Gasteiger partial charge in [0.05, 0.1) is 12.8 Å². The lowest BCUT2D eigenvalue weighted by Gasteiger charge is -2.16. The van der Waals surface area contributed by atoms with Gasteiger partial charge in [-0.15, -0.1) is 0 Å². The fourth-order valence-corrected chi connectivity index (χ4v) is 3.02. The Morgan fingerprint density at radius 3 is 2.82 bits per heavy atom. The summed E-state index contributed by atoms with van der Waals surface area (Å²) in [4.78, 5) is 21.2. The van der Waals surface area contributed by atoms with Gasteiger partial charge >= 0.3 is 0 Å². The van der Waals surface area contributed by atoms with Gasteiger partial charge in [0.1, 0.15) is 11.6 Å². The van der Waals surface area contributed by atoms with Crippen LogP contribution in [0.5, 0.6) is 5.75 Å². The molecule has 5 nitrogen and oxygen atoms in total. The zero-order valence-electron chi connectivity index (χ0n) is 13.0. The number of hydrogen-bond donors (Lipinski definition) is 1. The number of aromatic amines is 1. The van der Waals surface area contributed by atoms with Crippen molar-refractivity contribution >= 4 is 0 Å². The van der Waals surface area contributed by atoms with E-state index in [2.05, 4.69) is 27.0 Å². The van der Waals surface area contributed by atoms with Crippen molar-refractivity contribution in [3.63, 3.8) is 0 Å². The molecule has 116 valence electrons. The maximum absolute atomic E-state index is 11.6. The van der Waals surface area contributed by atoms with Crippen molar-refractivity contribution < 1.29 is 4.74 Å². The Morgan fingerprint density at radius 2 is 2.14 bits per heavy atom. The van der Waals surface area contributed by atoms with Crippen molar-refractivity contribution in [3.05, 3.63) is 57.8 Å². The molecule has 1 aliphatic rings. The average molecular weight is 299 g/mol. The summed E-state index contributed by atoms with van der Waals surface area (Å²) in [5.74, 6) is 1.92. The highest BCUT2D eigenvalue weighted by Gasteiger charge is 2.25. The van der Waals surface area contributed by atoms with Gasteiger partial charge < -0.3 is 9.72 Å². The van der Waals surface area contributed by atoms with Gasteiger partial charge in [-0.05, 0) is 37.6 Å². The minimum Gasteiger partial charge on any atom is -0.497 e. The van der Waals surface area contributed by atoms with E-state index in [1.165, 1.54) is 5.56 Å². The quantitative estimate of drug-likeness (QED) is 0.939. The number of ether oxygens (including phenoxy) is 1. The Hall–Kier alpha value is -2.14. The SMILES string of the molecule is COc1ccc(CN2CC[C@@H](c3cc(=O)[nH]c(C)n3)C2)cc1. The second kappa shape index (κ2) is 6.32. The van der Waals surface area contributed by atoms with E-state index in [9.17, 15) is 4.79 Å². The van der Waals surface area contributed by atoms with Crippen LogP contribution in [0.4, 0.5) is 0 Å². The van der Waals surface area contributed by atoms with Gasteiger partial charge in [-0.1, -0.05) is 12.1 Å². The number of aryl methyl sites for hydroxylation is 1. The first-order valence-electron chi connectivity index (χ1n) is 7.57. The second-order valence-corrected chi connectivity index (χ2v) is 5.82. The highest BCUT2D eigenvalue weighted by Crippen LogP contribution is 2.26. The van der Waals surface area contributed by atoms with Gasteiger partial charge in [0, 0.05) is 25.1 Å². The monoisotopic (exact) mass is 299 g/mol. The van der Waals surface area contributed by atoms with Gasteiger partial charge in [-0.3, -0.25) is 9.69 Å². The second-order valence-electron chi connectivity index (χ2n) is 5.82. The molecule has 22 heavy (non-hydrogen) atoms. The third-order valence-electron chi connectivity index (χ3n) is 4.14. The smallest absolute Gasteiger partial charge is 0.251 e. The molecule has 1 saturated heterocycles. The third-order valence-corrected chi connectivity index (χ3v) is 4.14. The van der Waals surface area contributed by atoms with Crippen LogP contribution in [0.2, 0.25) is 0 Å². The van der Waals surface area contributed by atoms with E-state index in [0.29, 0.717) is 11.7 Å². The van der Waals surface area contributed by atoms with Crippen molar-refractivity contribution in [2.45, 2.75) is 25.8 Å². The number of hydrogen-bond acceptors (Lipinski definition) is 4. The van der Waals surface area contributed by atoms with Gasteiger partial charge in [0.15, 0.2) is 0 Å². The maximum atomic E-state index is 11.6. The number of aromatic nitrogens is 2. The molecule has 0 amide bonds. The van der Waals surface area contributed by atoms with Crippen molar-refractivity contribution in [1.82, 2.24) is 14.9 Å². The molecule has 1 aromatic heterocycles. The van der Waals surface area contributed by atoms with E-state index < -0.39 is 0 Å². The minimum absolute atomic E-state index is 0.0592. The van der Waals surface area contributed by atoms with Crippen molar-refractivity contribution in [3.8, 4) is 5.75 Å². The van der Waals surface area contributed by atoms with E-state index in [-0.39, 0.29) is 5.56 Å². The molecule has 1 atom stereocenters. The number of rotatable bonds is 4. The molecule has 0 saturated carbocycles.